The number of hydrogen-bond donors (Lipinski definition) is 0. The molecule has 0 radical (unpaired) electrons. The zero-order valence-electron chi connectivity index (χ0n) is 17.0. The molecule has 4 heteroatoms. The van der Waals surface area contributed by atoms with Crippen molar-refractivity contribution in [3.05, 3.63) is 30.1 Å². The summed E-state index contributed by atoms with van der Waals surface area (Å²) in [5, 5.41) is 0. The van der Waals surface area contributed by atoms with Crippen LogP contribution in [0, 0.1) is 29.5 Å². The first kappa shape index (κ1) is 20.2. The van der Waals surface area contributed by atoms with Crippen LogP contribution >= 0.6 is 0 Å². The Labute approximate surface area is 168 Å². The molecule has 0 unspecified atom stereocenters. The lowest BCUT2D eigenvalue weighted by molar-refractivity contribution is -0.0514. The van der Waals surface area contributed by atoms with Gasteiger partial charge in [0.05, 0.1) is 19.8 Å². The predicted molar refractivity (Wildman–Crippen MR) is 108 cm³/mol. The largest absolute Gasteiger partial charge is 0.493 e. The van der Waals surface area contributed by atoms with Crippen molar-refractivity contribution in [2.45, 2.75) is 70.5 Å². The van der Waals surface area contributed by atoms with Crippen LogP contribution in [0.5, 0.6) is 5.75 Å². The lowest BCUT2D eigenvalue weighted by Crippen LogP contribution is -2.27. The van der Waals surface area contributed by atoms with E-state index < -0.39 is 0 Å². The van der Waals surface area contributed by atoms with Gasteiger partial charge in [-0.1, -0.05) is 12.8 Å². The first-order chi connectivity index (χ1) is 13.8. The summed E-state index contributed by atoms with van der Waals surface area (Å²) in [6.07, 6.45) is 13.3. The standard InChI is InChI=1S/C24H35FO3/c25-22-10-12-23(13-11-22)28-17-19-3-8-21(9-4-19)20-6-1-18(2-7-20)5-14-24-26-15-16-27-24/h10-13,18-21,24H,1-9,14-17H2/t18-,19?,20-,21?. The van der Waals surface area contributed by atoms with Crippen molar-refractivity contribution in [2.24, 2.45) is 23.7 Å². The number of rotatable bonds is 7. The SMILES string of the molecule is Fc1ccc(OCC2CCC([C@H]3CC[C@H](CCC4OCCO4)CC3)CC2)cc1. The van der Waals surface area contributed by atoms with Crippen LogP contribution in [0.25, 0.3) is 0 Å². The summed E-state index contributed by atoms with van der Waals surface area (Å²) in [5.74, 6) is 3.98. The summed E-state index contributed by atoms with van der Waals surface area (Å²) < 4.78 is 30.0. The third-order valence-corrected chi connectivity index (χ3v) is 7.25. The van der Waals surface area contributed by atoms with E-state index in [1.54, 1.807) is 12.1 Å². The zero-order chi connectivity index (χ0) is 19.2. The molecule has 1 saturated heterocycles. The van der Waals surface area contributed by atoms with E-state index in [1.165, 1.54) is 69.9 Å². The first-order valence-corrected chi connectivity index (χ1v) is 11.4. The maximum atomic E-state index is 13.0. The molecule has 1 aliphatic heterocycles. The lowest BCUT2D eigenvalue weighted by Gasteiger charge is -2.38. The summed E-state index contributed by atoms with van der Waals surface area (Å²) >= 11 is 0. The molecule has 2 aliphatic carbocycles. The molecule has 4 rings (SSSR count). The smallest absolute Gasteiger partial charge is 0.157 e. The third kappa shape index (κ3) is 5.70. The van der Waals surface area contributed by atoms with E-state index in [2.05, 4.69) is 0 Å². The van der Waals surface area contributed by atoms with E-state index >= 15 is 0 Å². The molecule has 0 amide bonds. The summed E-state index contributed by atoms with van der Waals surface area (Å²) in [6.45, 7) is 2.32. The molecular formula is C24H35FO3. The number of ether oxygens (including phenoxy) is 3. The van der Waals surface area contributed by atoms with Gasteiger partial charge in [0, 0.05) is 0 Å². The fourth-order valence-electron chi connectivity index (χ4n) is 5.47. The van der Waals surface area contributed by atoms with Crippen molar-refractivity contribution in [1.82, 2.24) is 0 Å². The lowest BCUT2D eigenvalue weighted by atomic mass is 9.69. The van der Waals surface area contributed by atoms with Gasteiger partial charge in [-0.2, -0.15) is 0 Å². The maximum Gasteiger partial charge on any atom is 0.157 e. The third-order valence-electron chi connectivity index (χ3n) is 7.25. The van der Waals surface area contributed by atoms with Gasteiger partial charge in [0.2, 0.25) is 0 Å². The highest BCUT2D eigenvalue weighted by Crippen LogP contribution is 2.42. The normalized spacial score (nSPS) is 31.8. The highest BCUT2D eigenvalue weighted by Gasteiger charge is 2.31. The average molecular weight is 391 g/mol. The van der Waals surface area contributed by atoms with E-state index in [0.29, 0.717) is 5.92 Å². The molecule has 1 heterocycles. The highest BCUT2D eigenvalue weighted by atomic mass is 19.1. The van der Waals surface area contributed by atoms with Crippen LogP contribution in [0.3, 0.4) is 0 Å². The van der Waals surface area contributed by atoms with Crippen molar-refractivity contribution in [3.63, 3.8) is 0 Å². The highest BCUT2D eigenvalue weighted by molar-refractivity contribution is 5.22. The van der Waals surface area contributed by atoms with Gasteiger partial charge in [-0.3, -0.25) is 0 Å². The summed E-state index contributed by atoms with van der Waals surface area (Å²) in [5.41, 5.74) is 0. The summed E-state index contributed by atoms with van der Waals surface area (Å²) in [4.78, 5) is 0. The van der Waals surface area contributed by atoms with Gasteiger partial charge in [-0.25, -0.2) is 4.39 Å². The van der Waals surface area contributed by atoms with E-state index in [1.807, 2.05) is 0 Å². The van der Waals surface area contributed by atoms with Crippen LogP contribution in [0.4, 0.5) is 4.39 Å². The minimum Gasteiger partial charge on any atom is -0.493 e. The van der Waals surface area contributed by atoms with Crippen molar-refractivity contribution in [3.8, 4) is 5.75 Å². The van der Waals surface area contributed by atoms with Gasteiger partial charge in [-0.15, -0.1) is 0 Å². The fraction of sp³-hybridized carbons (Fsp3) is 0.750. The van der Waals surface area contributed by atoms with Crippen molar-refractivity contribution >= 4 is 0 Å². The Balaban J connectivity index is 1.11. The molecule has 0 spiro atoms. The van der Waals surface area contributed by atoms with E-state index in [0.717, 1.165) is 49.7 Å². The van der Waals surface area contributed by atoms with Gasteiger partial charge in [0.1, 0.15) is 11.6 Å². The number of hydrogen-bond acceptors (Lipinski definition) is 3. The Morgan fingerprint density at radius 3 is 1.93 bits per heavy atom. The van der Waals surface area contributed by atoms with E-state index in [4.69, 9.17) is 14.2 Å². The van der Waals surface area contributed by atoms with Crippen molar-refractivity contribution < 1.29 is 18.6 Å². The van der Waals surface area contributed by atoms with Crippen LogP contribution in [-0.2, 0) is 9.47 Å². The van der Waals surface area contributed by atoms with Crippen LogP contribution in [0.1, 0.15) is 64.2 Å². The molecule has 2 saturated carbocycles. The van der Waals surface area contributed by atoms with Gasteiger partial charge in [-0.05, 0) is 99.3 Å². The molecule has 0 N–H and O–H groups in total. The Morgan fingerprint density at radius 2 is 1.32 bits per heavy atom. The first-order valence-electron chi connectivity index (χ1n) is 11.4. The van der Waals surface area contributed by atoms with Gasteiger partial charge in [0.15, 0.2) is 6.29 Å². The van der Waals surface area contributed by atoms with Crippen molar-refractivity contribution in [2.75, 3.05) is 19.8 Å². The fourth-order valence-corrected chi connectivity index (χ4v) is 5.47. The minimum atomic E-state index is -0.206. The molecule has 3 nitrogen and oxygen atoms in total. The Kier molecular flexibility index (Phi) is 7.25. The predicted octanol–water partition coefficient (Wildman–Crippen LogP) is 5.97. The second-order valence-corrected chi connectivity index (χ2v) is 9.08. The molecule has 156 valence electrons. The molecule has 1 aromatic carbocycles. The topological polar surface area (TPSA) is 27.7 Å². The molecule has 0 atom stereocenters. The average Bonchev–Trinajstić information content (AvgIpc) is 3.26. The quantitative estimate of drug-likeness (QED) is 0.574. The van der Waals surface area contributed by atoms with E-state index in [-0.39, 0.29) is 12.1 Å². The van der Waals surface area contributed by atoms with Gasteiger partial charge >= 0.3 is 0 Å². The van der Waals surface area contributed by atoms with Crippen LogP contribution in [0.15, 0.2) is 24.3 Å². The minimum absolute atomic E-state index is 0.0742. The number of benzene rings is 1. The summed E-state index contributed by atoms with van der Waals surface area (Å²) in [7, 11) is 0. The van der Waals surface area contributed by atoms with Crippen LogP contribution in [-0.4, -0.2) is 26.1 Å². The Bertz CT molecular complexity index is 568. The second kappa shape index (κ2) is 10.1. The monoisotopic (exact) mass is 390 g/mol. The zero-order valence-corrected chi connectivity index (χ0v) is 17.0. The van der Waals surface area contributed by atoms with Crippen LogP contribution in [0.2, 0.25) is 0 Å². The molecule has 28 heavy (non-hydrogen) atoms. The molecule has 0 bridgehead atoms. The number of halogens is 1. The van der Waals surface area contributed by atoms with E-state index in [9.17, 15) is 4.39 Å². The van der Waals surface area contributed by atoms with Crippen molar-refractivity contribution in [1.29, 1.82) is 0 Å². The molecule has 1 aromatic rings. The Morgan fingerprint density at radius 1 is 0.750 bits per heavy atom. The second-order valence-electron chi connectivity index (χ2n) is 9.08. The molecular weight excluding hydrogens is 355 g/mol. The molecule has 0 aromatic heterocycles. The maximum absolute atomic E-state index is 13.0. The van der Waals surface area contributed by atoms with Gasteiger partial charge in [0.25, 0.3) is 0 Å². The summed E-state index contributed by atoms with van der Waals surface area (Å²) in [6, 6.07) is 6.39. The Hall–Kier alpha value is -1.13. The molecule has 3 fully saturated rings. The van der Waals surface area contributed by atoms with Gasteiger partial charge < -0.3 is 14.2 Å². The molecule has 3 aliphatic rings. The van der Waals surface area contributed by atoms with Crippen LogP contribution < -0.4 is 4.74 Å².